The average Bonchev–Trinajstić information content (AvgIpc) is 2.56. The third-order valence-electron chi connectivity index (χ3n) is 3.39. The predicted molar refractivity (Wildman–Crippen MR) is 87.9 cm³/mol. The minimum Gasteiger partial charge on any atom is -0.379 e. The number of nitrogens with zero attached hydrogens (tertiary/aromatic N) is 1. The zero-order valence-electron chi connectivity index (χ0n) is 12.8. The number of rotatable bonds is 7. The zero-order chi connectivity index (χ0) is 17.7. The van der Waals surface area contributed by atoms with E-state index in [1.54, 1.807) is 12.1 Å². The summed E-state index contributed by atoms with van der Waals surface area (Å²) in [6, 6.07) is 9.60. The van der Waals surface area contributed by atoms with Gasteiger partial charge in [0.1, 0.15) is 11.5 Å². The van der Waals surface area contributed by atoms with Crippen molar-refractivity contribution in [1.82, 2.24) is 4.72 Å². The fraction of sp³-hybridized carbons (Fsp3) is 0.200. The molecule has 7 nitrogen and oxygen atoms in total. The largest absolute Gasteiger partial charge is 0.379 e. The van der Waals surface area contributed by atoms with Crippen molar-refractivity contribution in [2.75, 3.05) is 18.9 Å². The standard InChI is InChI=1S/C15H16FN3O4S/c1-17-24(22,23)13-6-7-14(15(10-13)19(20)21)18-9-8-11-2-4-12(16)5-3-11/h2-7,10,17-18H,8-9H2,1H3. The maximum atomic E-state index is 12.8. The number of benzene rings is 2. The summed E-state index contributed by atoms with van der Waals surface area (Å²) in [6.45, 7) is 0.380. The minimum absolute atomic E-state index is 0.180. The van der Waals surface area contributed by atoms with E-state index in [4.69, 9.17) is 0 Å². The van der Waals surface area contributed by atoms with E-state index in [1.165, 1.54) is 31.3 Å². The molecule has 0 radical (unpaired) electrons. The number of nitro benzene ring substituents is 1. The summed E-state index contributed by atoms with van der Waals surface area (Å²) in [7, 11) is -2.52. The van der Waals surface area contributed by atoms with Crippen LogP contribution in [0.4, 0.5) is 15.8 Å². The van der Waals surface area contributed by atoms with Crippen LogP contribution >= 0.6 is 0 Å². The molecule has 0 bridgehead atoms. The SMILES string of the molecule is CNS(=O)(=O)c1ccc(NCCc2ccc(F)cc2)c([N+](=O)[O-])c1. The van der Waals surface area contributed by atoms with Gasteiger partial charge in [0.2, 0.25) is 10.0 Å². The van der Waals surface area contributed by atoms with Gasteiger partial charge in [-0.25, -0.2) is 17.5 Å². The van der Waals surface area contributed by atoms with Crippen molar-refractivity contribution >= 4 is 21.4 Å². The Morgan fingerprint density at radius 3 is 2.42 bits per heavy atom. The molecule has 24 heavy (non-hydrogen) atoms. The Hall–Kier alpha value is -2.52. The quantitative estimate of drug-likeness (QED) is 0.587. The van der Waals surface area contributed by atoms with Crippen LogP contribution in [0.2, 0.25) is 0 Å². The Kier molecular flexibility index (Phi) is 5.47. The van der Waals surface area contributed by atoms with Gasteiger partial charge >= 0.3 is 0 Å². The van der Waals surface area contributed by atoms with Crippen LogP contribution in [0.5, 0.6) is 0 Å². The third kappa shape index (κ3) is 4.27. The highest BCUT2D eigenvalue weighted by atomic mass is 32.2. The van der Waals surface area contributed by atoms with Crippen molar-refractivity contribution in [3.05, 3.63) is 64.0 Å². The van der Waals surface area contributed by atoms with Crippen LogP contribution in [0.25, 0.3) is 0 Å². The molecule has 2 aromatic carbocycles. The van der Waals surface area contributed by atoms with E-state index in [0.29, 0.717) is 13.0 Å². The van der Waals surface area contributed by atoms with E-state index in [2.05, 4.69) is 10.0 Å². The van der Waals surface area contributed by atoms with Crippen LogP contribution in [-0.4, -0.2) is 26.9 Å². The fourth-order valence-electron chi connectivity index (χ4n) is 2.09. The van der Waals surface area contributed by atoms with E-state index in [9.17, 15) is 22.9 Å². The molecule has 0 unspecified atom stereocenters. The first-order chi connectivity index (χ1) is 11.3. The molecule has 0 amide bonds. The molecule has 0 saturated heterocycles. The molecule has 0 aliphatic rings. The van der Waals surface area contributed by atoms with Crippen LogP contribution in [0.1, 0.15) is 5.56 Å². The first-order valence-electron chi connectivity index (χ1n) is 7.04. The Balaban J connectivity index is 2.14. The average molecular weight is 353 g/mol. The molecular formula is C15H16FN3O4S. The van der Waals surface area contributed by atoms with Gasteiger partial charge < -0.3 is 5.32 Å². The summed E-state index contributed by atoms with van der Waals surface area (Å²) in [5.41, 5.74) is 0.767. The molecule has 2 N–H and O–H groups in total. The maximum Gasteiger partial charge on any atom is 0.293 e. The number of nitrogens with one attached hydrogen (secondary N) is 2. The molecule has 0 spiro atoms. The second-order valence-corrected chi connectivity index (χ2v) is 6.83. The highest BCUT2D eigenvalue weighted by molar-refractivity contribution is 7.89. The molecule has 0 aliphatic heterocycles. The smallest absolute Gasteiger partial charge is 0.293 e. The van der Waals surface area contributed by atoms with Crippen LogP contribution in [-0.2, 0) is 16.4 Å². The van der Waals surface area contributed by atoms with E-state index in [-0.39, 0.29) is 22.1 Å². The summed E-state index contributed by atoms with van der Waals surface area (Å²) in [4.78, 5) is 10.3. The summed E-state index contributed by atoms with van der Waals surface area (Å²) in [5, 5.41) is 14.1. The van der Waals surface area contributed by atoms with Crippen molar-refractivity contribution in [1.29, 1.82) is 0 Å². The number of hydrogen-bond acceptors (Lipinski definition) is 5. The normalized spacial score (nSPS) is 11.2. The summed E-state index contributed by atoms with van der Waals surface area (Å²) >= 11 is 0. The van der Waals surface area contributed by atoms with Gasteiger partial charge in [-0.15, -0.1) is 0 Å². The molecule has 0 aromatic heterocycles. The van der Waals surface area contributed by atoms with Gasteiger partial charge in [0.15, 0.2) is 0 Å². The van der Waals surface area contributed by atoms with Crippen LogP contribution < -0.4 is 10.0 Å². The first kappa shape index (κ1) is 17.8. The number of nitro groups is 1. The monoisotopic (exact) mass is 353 g/mol. The van der Waals surface area contributed by atoms with Crippen LogP contribution in [0.15, 0.2) is 47.4 Å². The lowest BCUT2D eigenvalue weighted by atomic mass is 10.1. The van der Waals surface area contributed by atoms with E-state index >= 15 is 0 Å². The lowest BCUT2D eigenvalue weighted by molar-refractivity contribution is -0.384. The Labute approximate surface area is 138 Å². The van der Waals surface area contributed by atoms with Gasteiger partial charge in [-0.1, -0.05) is 12.1 Å². The molecular weight excluding hydrogens is 337 g/mol. The molecule has 0 fully saturated rings. The van der Waals surface area contributed by atoms with Crippen LogP contribution in [0.3, 0.4) is 0 Å². The van der Waals surface area contributed by atoms with E-state index in [1.807, 2.05) is 0 Å². The van der Waals surface area contributed by atoms with Crippen molar-refractivity contribution in [3.63, 3.8) is 0 Å². The van der Waals surface area contributed by atoms with Crippen molar-refractivity contribution in [2.24, 2.45) is 0 Å². The van der Waals surface area contributed by atoms with Gasteiger partial charge in [0, 0.05) is 12.6 Å². The van der Waals surface area contributed by atoms with Gasteiger partial charge in [-0.3, -0.25) is 10.1 Å². The fourth-order valence-corrected chi connectivity index (χ4v) is 2.84. The van der Waals surface area contributed by atoms with Crippen molar-refractivity contribution in [2.45, 2.75) is 11.3 Å². The summed E-state index contributed by atoms with van der Waals surface area (Å²) in [5.74, 6) is -0.330. The lowest BCUT2D eigenvalue weighted by Crippen LogP contribution is -2.19. The Morgan fingerprint density at radius 2 is 1.83 bits per heavy atom. The number of hydrogen-bond donors (Lipinski definition) is 2. The molecule has 0 aliphatic carbocycles. The highest BCUT2D eigenvalue weighted by Crippen LogP contribution is 2.27. The molecule has 0 atom stereocenters. The molecule has 128 valence electrons. The number of sulfonamides is 1. The highest BCUT2D eigenvalue weighted by Gasteiger charge is 2.20. The number of halogens is 1. The molecule has 2 rings (SSSR count). The Morgan fingerprint density at radius 1 is 1.17 bits per heavy atom. The topological polar surface area (TPSA) is 101 Å². The predicted octanol–water partition coefficient (Wildman–Crippen LogP) is 2.30. The minimum atomic E-state index is -3.76. The van der Waals surface area contributed by atoms with E-state index in [0.717, 1.165) is 11.6 Å². The molecule has 2 aromatic rings. The Bertz CT molecular complexity index is 838. The van der Waals surface area contributed by atoms with E-state index < -0.39 is 14.9 Å². The third-order valence-corrected chi connectivity index (χ3v) is 4.80. The van der Waals surface area contributed by atoms with Gasteiger partial charge in [-0.2, -0.15) is 0 Å². The lowest BCUT2D eigenvalue weighted by Gasteiger charge is -2.09. The molecule has 9 heteroatoms. The maximum absolute atomic E-state index is 12.8. The first-order valence-corrected chi connectivity index (χ1v) is 8.52. The van der Waals surface area contributed by atoms with Gasteiger partial charge in [-0.05, 0) is 43.3 Å². The van der Waals surface area contributed by atoms with Crippen LogP contribution in [0, 0.1) is 15.9 Å². The number of anilines is 1. The second-order valence-electron chi connectivity index (χ2n) is 4.95. The molecule has 0 heterocycles. The van der Waals surface area contributed by atoms with Crippen molar-refractivity contribution in [3.8, 4) is 0 Å². The second kappa shape index (κ2) is 7.37. The zero-order valence-corrected chi connectivity index (χ0v) is 13.6. The summed E-state index contributed by atoms with van der Waals surface area (Å²) < 4.78 is 38.4. The van der Waals surface area contributed by atoms with Gasteiger partial charge in [0.05, 0.1) is 9.82 Å². The van der Waals surface area contributed by atoms with Gasteiger partial charge in [0.25, 0.3) is 5.69 Å². The molecule has 0 saturated carbocycles. The summed E-state index contributed by atoms with van der Waals surface area (Å²) in [6.07, 6.45) is 0.536. The van der Waals surface area contributed by atoms with Crippen molar-refractivity contribution < 1.29 is 17.7 Å².